The van der Waals surface area contributed by atoms with Crippen molar-refractivity contribution in [3.05, 3.63) is 129 Å². The van der Waals surface area contributed by atoms with Gasteiger partial charge in [0.1, 0.15) is 11.3 Å². The molecule has 0 atom stereocenters. The van der Waals surface area contributed by atoms with Crippen molar-refractivity contribution >= 4 is 72.5 Å². The lowest BCUT2D eigenvalue weighted by molar-refractivity contribution is -0.384. The number of aromatic nitrogens is 2. The first-order valence-electron chi connectivity index (χ1n) is 20.7. The van der Waals surface area contributed by atoms with Crippen molar-refractivity contribution < 1.29 is 22.9 Å². The predicted octanol–water partition coefficient (Wildman–Crippen LogP) is 9.58. The second-order valence-corrected chi connectivity index (χ2v) is 19.1. The first-order chi connectivity index (χ1) is 29.3. The summed E-state index contributed by atoms with van der Waals surface area (Å²) in [4.78, 5) is 35.0. The van der Waals surface area contributed by atoms with Gasteiger partial charge in [0.15, 0.2) is 0 Å². The van der Waals surface area contributed by atoms with Crippen LogP contribution in [0.5, 0.6) is 0 Å². The third-order valence-corrected chi connectivity index (χ3v) is 13.6. The van der Waals surface area contributed by atoms with Gasteiger partial charge in [-0.3, -0.25) is 19.8 Å². The number of hydrogen-bond acceptors (Lipinski definition) is 10. The van der Waals surface area contributed by atoms with E-state index in [2.05, 4.69) is 62.3 Å². The highest BCUT2D eigenvalue weighted by Gasteiger charge is 2.30. The summed E-state index contributed by atoms with van der Waals surface area (Å²) in [6, 6.07) is 20.9. The Labute approximate surface area is 360 Å². The Morgan fingerprint density at radius 2 is 1.80 bits per heavy atom. The third-order valence-electron chi connectivity index (χ3n) is 12.0. The minimum atomic E-state index is -4.53. The van der Waals surface area contributed by atoms with Gasteiger partial charge in [0.2, 0.25) is 0 Å². The van der Waals surface area contributed by atoms with Crippen molar-refractivity contribution in [2.45, 2.75) is 57.3 Å². The van der Waals surface area contributed by atoms with E-state index in [0.29, 0.717) is 36.8 Å². The van der Waals surface area contributed by atoms with Crippen LogP contribution in [0.1, 0.15) is 73.9 Å². The summed E-state index contributed by atoms with van der Waals surface area (Å²) in [6.07, 6.45) is 11.3. The van der Waals surface area contributed by atoms with Crippen LogP contribution in [0.15, 0.2) is 102 Å². The largest absolute Gasteiger partial charge is 0.381 e. The van der Waals surface area contributed by atoms with Gasteiger partial charge >= 0.3 is 0 Å². The first kappa shape index (κ1) is 42.2. The number of benzene rings is 3. The van der Waals surface area contributed by atoms with Gasteiger partial charge in [-0.05, 0) is 121 Å². The number of carbonyl (C=O) groups excluding carboxylic acids is 1. The third kappa shape index (κ3) is 9.99. The quantitative estimate of drug-likeness (QED) is 0.0660. The molecule has 13 nitrogen and oxygen atoms in total. The molecule has 318 valence electrons. The minimum Gasteiger partial charge on any atom is -0.381 e. The molecule has 1 amide bonds. The van der Waals surface area contributed by atoms with Crippen molar-refractivity contribution in [2.24, 2.45) is 11.3 Å². The number of hydrogen-bond donors (Lipinski definition) is 4. The average Bonchev–Trinajstić information content (AvgIpc) is 3.72. The van der Waals surface area contributed by atoms with Gasteiger partial charge in [-0.2, -0.15) is 0 Å². The number of halogens is 1. The smallest absolute Gasteiger partial charge is 0.293 e. The number of sulfonamides is 1. The number of carbonyl (C=O) groups is 1. The zero-order valence-corrected chi connectivity index (χ0v) is 35.9. The summed E-state index contributed by atoms with van der Waals surface area (Å²) in [5, 5.41) is 20.1. The number of amides is 1. The Morgan fingerprint density at radius 1 is 1.02 bits per heavy atom. The number of ether oxygens (including phenoxy) is 1. The summed E-state index contributed by atoms with van der Waals surface area (Å²) < 4.78 is 34.9. The molecule has 4 N–H and O–H groups in total. The van der Waals surface area contributed by atoms with Gasteiger partial charge in [-0.15, -0.1) is 0 Å². The predicted molar refractivity (Wildman–Crippen MR) is 241 cm³/mol. The number of pyridine rings is 1. The van der Waals surface area contributed by atoms with Gasteiger partial charge in [0.25, 0.3) is 21.6 Å². The molecular weight excluding hydrogens is 814 g/mol. The molecule has 0 unspecified atom stereocenters. The van der Waals surface area contributed by atoms with Crippen molar-refractivity contribution in [1.82, 2.24) is 19.6 Å². The molecule has 2 aliphatic heterocycles. The van der Waals surface area contributed by atoms with Gasteiger partial charge in [0, 0.05) is 62.1 Å². The Balaban J connectivity index is 1.03. The average molecular weight is 864 g/mol. The Morgan fingerprint density at radius 3 is 2.56 bits per heavy atom. The first-order valence-corrected chi connectivity index (χ1v) is 22.6. The van der Waals surface area contributed by atoms with E-state index >= 15 is 0 Å². The van der Waals surface area contributed by atoms with E-state index in [9.17, 15) is 23.3 Å². The SMILES string of the molecule is CC1(C)CCC(CN2CC=C(c3ccc(C(=O)NS(=O)(=O)c4ccc(NCC5CCOCC5)c([N+](=O)[O-])c4)c(Nc4cnc5[nH]ccc5c4)c3)CC2)=C(c2ccc(Cl)cc2)C1. The lowest BCUT2D eigenvalue weighted by Crippen LogP contribution is -2.32. The molecule has 1 aliphatic carbocycles. The van der Waals surface area contributed by atoms with E-state index in [1.165, 1.54) is 28.8 Å². The summed E-state index contributed by atoms with van der Waals surface area (Å²) in [5.41, 5.74) is 7.92. The van der Waals surface area contributed by atoms with Crippen LogP contribution in [0.4, 0.5) is 22.7 Å². The zero-order chi connectivity index (χ0) is 42.7. The molecule has 5 aromatic rings. The highest BCUT2D eigenvalue weighted by Crippen LogP contribution is 2.43. The van der Waals surface area contributed by atoms with E-state index in [0.717, 1.165) is 85.8 Å². The fourth-order valence-corrected chi connectivity index (χ4v) is 9.59. The normalized spacial score (nSPS) is 17.5. The van der Waals surface area contributed by atoms with Crippen molar-refractivity contribution in [1.29, 1.82) is 0 Å². The van der Waals surface area contributed by atoms with Gasteiger partial charge in [-0.1, -0.05) is 55.3 Å². The minimum absolute atomic E-state index is 0.0747. The summed E-state index contributed by atoms with van der Waals surface area (Å²) in [7, 11) is -4.53. The van der Waals surface area contributed by atoms with Crippen molar-refractivity contribution in [2.75, 3.05) is 50.0 Å². The van der Waals surface area contributed by atoms with Crippen molar-refractivity contribution in [3.63, 3.8) is 0 Å². The zero-order valence-electron chi connectivity index (χ0n) is 34.3. The molecule has 0 bridgehead atoms. The standard InChI is InChI=1S/C46H50ClN7O6S/c1-46(2)17-11-35(40(26-46)32-3-6-36(47)7-4-32)29-53-19-13-31(14-20-53)33-5-9-39(42(24-33)51-37-23-34-12-18-48-44(34)50-28-37)45(55)52-61(58,59)38-8-10-41(43(25-38)54(56)57)49-27-30-15-21-60-22-16-30/h3-10,12-13,18,23-25,28,30,49,51H,11,14-17,19-22,26-27,29H2,1-2H3,(H,48,50)(H,52,55). The number of nitro benzene ring substituents is 1. The summed E-state index contributed by atoms with van der Waals surface area (Å²) >= 11 is 6.24. The molecule has 3 aliphatic rings. The van der Waals surface area contributed by atoms with Crippen LogP contribution in [0.25, 0.3) is 22.2 Å². The maximum atomic E-state index is 13.9. The molecule has 4 heterocycles. The Bertz CT molecular complexity index is 2630. The fourth-order valence-electron chi connectivity index (χ4n) is 8.48. The number of fused-ring (bicyclic) bond motifs is 1. The molecule has 0 saturated carbocycles. The van der Waals surface area contributed by atoms with Crippen molar-refractivity contribution in [3.8, 4) is 0 Å². The topological polar surface area (TPSA) is 172 Å². The molecule has 1 saturated heterocycles. The number of allylic oxidation sites excluding steroid dienone is 1. The molecule has 15 heteroatoms. The lowest BCUT2D eigenvalue weighted by Gasteiger charge is -2.36. The second kappa shape index (κ2) is 17.8. The molecule has 2 aromatic heterocycles. The molecule has 3 aromatic carbocycles. The number of aromatic amines is 1. The Kier molecular flexibility index (Phi) is 12.3. The number of H-pyrrole nitrogens is 1. The Hall–Kier alpha value is -5.54. The molecule has 0 radical (unpaired) electrons. The van der Waals surface area contributed by atoms with Crippen LogP contribution in [0, 0.1) is 21.4 Å². The molecule has 1 fully saturated rings. The number of nitrogens with zero attached hydrogens (tertiary/aromatic N) is 3. The maximum Gasteiger partial charge on any atom is 0.293 e. The van der Waals surface area contributed by atoms with Gasteiger partial charge in [-0.25, -0.2) is 18.1 Å². The summed E-state index contributed by atoms with van der Waals surface area (Å²) in [6.45, 7) is 8.90. The van der Waals surface area contributed by atoms with Crippen LogP contribution >= 0.6 is 11.6 Å². The van der Waals surface area contributed by atoms with E-state index in [4.69, 9.17) is 16.3 Å². The second-order valence-electron chi connectivity index (χ2n) is 17.0. The van der Waals surface area contributed by atoms with Crippen LogP contribution in [0.2, 0.25) is 5.02 Å². The van der Waals surface area contributed by atoms with Gasteiger partial charge in [0.05, 0.1) is 33.0 Å². The van der Waals surface area contributed by atoms with E-state index in [1.54, 1.807) is 18.5 Å². The highest BCUT2D eigenvalue weighted by atomic mass is 35.5. The molecular formula is C46H50ClN7O6S. The fraction of sp³-hybridized carbons (Fsp3) is 0.348. The monoisotopic (exact) mass is 863 g/mol. The van der Waals surface area contributed by atoms with Crippen LogP contribution in [-0.4, -0.2) is 73.5 Å². The number of anilines is 3. The lowest BCUT2D eigenvalue weighted by atomic mass is 9.72. The number of nitrogens with one attached hydrogen (secondary N) is 4. The van der Waals surface area contributed by atoms with E-state index < -0.39 is 31.4 Å². The van der Waals surface area contributed by atoms with Crippen LogP contribution in [-0.2, 0) is 14.8 Å². The molecule has 0 spiro atoms. The van der Waals surface area contributed by atoms with Gasteiger partial charge < -0.3 is 20.4 Å². The number of rotatable bonds is 13. The summed E-state index contributed by atoms with van der Waals surface area (Å²) in [5.74, 6) is -0.611. The maximum absolute atomic E-state index is 13.9. The van der Waals surface area contributed by atoms with E-state index in [1.807, 2.05) is 36.4 Å². The highest BCUT2D eigenvalue weighted by molar-refractivity contribution is 7.90. The molecule has 61 heavy (non-hydrogen) atoms. The number of nitro groups is 1. The van der Waals surface area contributed by atoms with Crippen LogP contribution < -0.4 is 15.4 Å². The van der Waals surface area contributed by atoms with Crippen LogP contribution in [0.3, 0.4) is 0 Å². The molecule has 8 rings (SSSR count). The van der Waals surface area contributed by atoms with E-state index in [-0.39, 0.29) is 22.6 Å².